The van der Waals surface area contributed by atoms with Crippen LogP contribution in [-0.2, 0) is 25.5 Å². The maximum absolute atomic E-state index is 12.7. The molecule has 1 saturated heterocycles. The summed E-state index contributed by atoms with van der Waals surface area (Å²) < 4.78 is 11.3. The summed E-state index contributed by atoms with van der Waals surface area (Å²) in [4.78, 5) is 41.3. The van der Waals surface area contributed by atoms with Crippen LogP contribution in [0.2, 0.25) is 0 Å². The molecule has 34 heavy (non-hydrogen) atoms. The van der Waals surface area contributed by atoms with E-state index in [1.165, 1.54) is 5.56 Å². The van der Waals surface area contributed by atoms with Crippen LogP contribution < -0.4 is 10.2 Å². The maximum atomic E-state index is 12.7. The molecule has 1 fully saturated rings. The smallest absolute Gasteiger partial charge is 0.410 e. The number of ether oxygens (including phenoxy) is 2. The first kappa shape index (κ1) is 25.7. The molecule has 1 aromatic carbocycles. The Morgan fingerprint density at radius 3 is 2.74 bits per heavy atom. The van der Waals surface area contributed by atoms with Crippen molar-refractivity contribution in [3.05, 3.63) is 42.0 Å². The maximum Gasteiger partial charge on any atom is 0.410 e. The van der Waals surface area contributed by atoms with Crippen LogP contribution in [0.25, 0.3) is 0 Å². The molecule has 0 radical (unpaired) electrons. The third kappa shape index (κ3) is 7.32. The molecule has 2 aliphatic rings. The molecule has 2 heterocycles. The summed E-state index contributed by atoms with van der Waals surface area (Å²) in [5.41, 5.74) is 1.55. The van der Waals surface area contributed by atoms with Gasteiger partial charge in [0.25, 0.3) is 5.91 Å². The minimum absolute atomic E-state index is 0.0854. The molecule has 1 aromatic rings. The van der Waals surface area contributed by atoms with Crippen molar-refractivity contribution in [3.63, 3.8) is 0 Å². The van der Waals surface area contributed by atoms with Crippen molar-refractivity contribution in [2.45, 2.75) is 71.1 Å². The largest absolute Gasteiger partial charge is 0.444 e. The van der Waals surface area contributed by atoms with Gasteiger partial charge in [0.15, 0.2) is 0 Å². The average molecular weight is 472 g/mol. The van der Waals surface area contributed by atoms with Crippen LogP contribution in [0.3, 0.4) is 0 Å². The van der Waals surface area contributed by atoms with E-state index in [0.29, 0.717) is 39.1 Å². The van der Waals surface area contributed by atoms with Crippen LogP contribution in [-0.4, -0.2) is 66.8 Å². The highest BCUT2D eigenvalue weighted by atomic mass is 16.6. The van der Waals surface area contributed by atoms with E-state index in [4.69, 9.17) is 9.47 Å². The van der Waals surface area contributed by atoms with Gasteiger partial charge >= 0.3 is 6.09 Å². The third-order valence-corrected chi connectivity index (χ3v) is 5.83. The number of rotatable bonds is 6. The Morgan fingerprint density at radius 1 is 1.24 bits per heavy atom. The number of para-hydroxylation sites is 1. The minimum atomic E-state index is -0.577. The van der Waals surface area contributed by atoms with Gasteiger partial charge < -0.3 is 24.6 Å². The highest BCUT2D eigenvalue weighted by Crippen LogP contribution is 2.27. The fourth-order valence-electron chi connectivity index (χ4n) is 4.13. The number of amides is 3. The molecular weight excluding hydrogens is 434 g/mol. The van der Waals surface area contributed by atoms with Crippen molar-refractivity contribution in [3.8, 4) is 0 Å². The Kier molecular flexibility index (Phi) is 8.72. The van der Waals surface area contributed by atoms with Crippen LogP contribution in [0.1, 0.15) is 52.5 Å². The van der Waals surface area contributed by atoms with Gasteiger partial charge in [-0.05, 0) is 51.7 Å². The van der Waals surface area contributed by atoms with Crippen molar-refractivity contribution in [1.29, 1.82) is 0 Å². The van der Waals surface area contributed by atoms with Crippen molar-refractivity contribution in [2.24, 2.45) is 0 Å². The number of nitrogens with one attached hydrogen (secondary N) is 1. The number of benzene rings is 1. The zero-order valence-corrected chi connectivity index (χ0v) is 20.7. The SMILES string of the molecule is CC[C@@H](/C=C/C(=O)N1CCc2ccccc21)NC(=O)C[C@@H]1CN(C(=O)OC(C)(C)C)CCCO1. The van der Waals surface area contributed by atoms with Crippen LogP contribution in [0, 0.1) is 0 Å². The third-order valence-electron chi connectivity index (χ3n) is 5.83. The predicted octanol–water partition coefficient (Wildman–Crippen LogP) is 3.44. The number of carbonyl (C=O) groups is 3. The quantitative estimate of drug-likeness (QED) is 0.642. The van der Waals surface area contributed by atoms with Crippen LogP contribution >= 0.6 is 0 Å². The summed E-state index contributed by atoms with van der Waals surface area (Å²) in [5.74, 6) is -0.260. The van der Waals surface area contributed by atoms with Gasteiger partial charge in [0.2, 0.25) is 5.91 Å². The van der Waals surface area contributed by atoms with Gasteiger partial charge in [-0.1, -0.05) is 31.2 Å². The number of hydrogen-bond acceptors (Lipinski definition) is 5. The van der Waals surface area contributed by atoms with Gasteiger partial charge in [-0.15, -0.1) is 0 Å². The highest BCUT2D eigenvalue weighted by molar-refractivity contribution is 6.03. The molecule has 3 rings (SSSR count). The fraction of sp³-hybridized carbons (Fsp3) is 0.577. The second-order valence-electron chi connectivity index (χ2n) is 9.79. The molecule has 186 valence electrons. The molecule has 1 N–H and O–H groups in total. The number of hydrogen-bond donors (Lipinski definition) is 1. The molecule has 3 amide bonds. The number of fused-ring (bicyclic) bond motifs is 1. The number of carbonyl (C=O) groups excluding carboxylic acids is 3. The normalized spacial score (nSPS) is 19.5. The lowest BCUT2D eigenvalue weighted by molar-refractivity contribution is -0.124. The summed E-state index contributed by atoms with van der Waals surface area (Å²) in [6, 6.07) is 7.65. The second-order valence-corrected chi connectivity index (χ2v) is 9.79. The molecule has 8 heteroatoms. The lowest BCUT2D eigenvalue weighted by Gasteiger charge is -2.28. The van der Waals surface area contributed by atoms with Gasteiger partial charge in [0.05, 0.1) is 19.1 Å². The summed E-state index contributed by atoms with van der Waals surface area (Å²) in [5, 5.41) is 2.97. The molecular formula is C26H37N3O5. The van der Waals surface area contributed by atoms with Gasteiger partial charge in [0, 0.05) is 37.5 Å². The van der Waals surface area contributed by atoms with E-state index in [-0.39, 0.29) is 30.4 Å². The van der Waals surface area contributed by atoms with E-state index in [1.807, 2.05) is 52.0 Å². The molecule has 2 atom stereocenters. The first-order chi connectivity index (χ1) is 16.2. The molecule has 0 spiro atoms. The van der Waals surface area contributed by atoms with Crippen molar-refractivity contribution in [2.75, 3.05) is 31.1 Å². The summed E-state index contributed by atoms with van der Waals surface area (Å²) >= 11 is 0. The van der Waals surface area contributed by atoms with Gasteiger partial charge in [0.1, 0.15) is 5.60 Å². The molecule has 2 aliphatic heterocycles. The van der Waals surface area contributed by atoms with Crippen molar-refractivity contribution >= 4 is 23.6 Å². The van der Waals surface area contributed by atoms with Crippen molar-refractivity contribution < 1.29 is 23.9 Å². The van der Waals surface area contributed by atoms with Crippen LogP contribution in [0.5, 0.6) is 0 Å². The molecule has 0 aromatic heterocycles. The van der Waals surface area contributed by atoms with Gasteiger partial charge in [-0.3, -0.25) is 9.59 Å². The standard InChI is InChI=1S/C26H37N3O5/c1-5-20(11-12-24(31)29-15-13-19-9-6-7-10-22(19)29)27-23(30)17-21-18-28(14-8-16-33-21)25(32)34-26(2,3)4/h6-7,9-12,20-21H,5,8,13-18H2,1-4H3,(H,27,30)/b12-11+/t20-,21+/m0/s1. The summed E-state index contributed by atoms with van der Waals surface area (Å²) in [6.07, 6.45) is 4.84. The first-order valence-corrected chi connectivity index (χ1v) is 12.1. The van der Waals surface area contributed by atoms with E-state index in [1.54, 1.807) is 22.0 Å². The Bertz CT molecular complexity index is 908. The van der Waals surface area contributed by atoms with Gasteiger partial charge in [-0.25, -0.2) is 4.79 Å². The summed E-state index contributed by atoms with van der Waals surface area (Å²) in [7, 11) is 0. The zero-order chi connectivity index (χ0) is 24.7. The lowest BCUT2D eigenvalue weighted by Crippen LogP contribution is -2.42. The molecule has 0 bridgehead atoms. The Balaban J connectivity index is 1.52. The molecule has 0 unspecified atom stereocenters. The minimum Gasteiger partial charge on any atom is -0.444 e. The fourth-order valence-corrected chi connectivity index (χ4v) is 4.13. The Morgan fingerprint density at radius 2 is 2.00 bits per heavy atom. The average Bonchev–Trinajstić information content (AvgIpc) is 3.07. The predicted molar refractivity (Wildman–Crippen MR) is 131 cm³/mol. The highest BCUT2D eigenvalue weighted by Gasteiger charge is 2.28. The number of anilines is 1. The molecule has 8 nitrogen and oxygen atoms in total. The van der Waals surface area contributed by atoms with Crippen LogP contribution in [0.4, 0.5) is 10.5 Å². The van der Waals surface area contributed by atoms with E-state index < -0.39 is 11.7 Å². The number of nitrogens with zero attached hydrogens (tertiary/aromatic N) is 2. The Hall–Kier alpha value is -2.87. The van der Waals surface area contributed by atoms with E-state index in [9.17, 15) is 14.4 Å². The topological polar surface area (TPSA) is 88.2 Å². The van der Waals surface area contributed by atoms with Gasteiger partial charge in [-0.2, -0.15) is 0 Å². The van der Waals surface area contributed by atoms with E-state index >= 15 is 0 Å². The zero-order valence-electron chi connectivity index (χ0n) is 20.7. The first-order valence-electron chi connectivity index (χ1n) is 12.1. The molecule has 0 saturated carbocycles. The van der Waals surface area contributed by atoms with E-state index in [2.05, 4.69) is 5.32 Å². The van der Waals surface area contributed by atoms with E-state index in [0.717, 1.165) is 12.1 Å². The molecule has 0 aliphatic carbocycles. The van der Waals surface area contributed by atoms with Crippen molar-refractivity contribution in [1.82, 2.24) is 10.2 Å². The Labute approximate surface area is 202 Å². The lowest BCUT2D eigenvalue weighted by atomic mass is 10.1. The monoisotopic (exact) mass is 471 g/mol. The summed E-state index contributed by atoms with van der Waals surface area (Å²) in [6.45, 7) is 9.44. The second kappa shape index (κ2) is 11.5. The van der Waals surface area contributed by atoms with Crippen LogP contribution in [0.15, 0.2) is 36.4 Å².